The Labute approximate surface area is 222 Å². The molecule has 2 heterocycles. The van der Waals surface area contributed by atoms with Gasteiger partial charge in [0.25, 0.3) is 5.91 Å². The number of hydrogen-bond acceptors (Lipinski definition) is 7. The number of amides is 3. The third-order valence-corrected chi connectivity index (χ3v) is 8.21. The molecule has 3 aliphatic rings. The maximum absolute atomic E-state index is 13.5. The summed E-state index contributed by atoms with van der Waals surface area (Å²) in [7, 11) is 1.63. The topological polar surface area (TPSA) is 112 Å². The summed E-state index contributed by atoms with van der Waals surface area (Å²) in [6.45, 7) is 3.05. The Morgan fingerprint density at radius 1 is 1.22 bits per heavy atom. The van der Waals surface area contributed by atoms with Crippen molar-refractivity contribution in [2.24, 2.45) is 9.98 Å². The summed E-state index contributed by atoms with van der Waals surface area (Å²) in [5, 5.41) is 6.13. The predicted molar refractivity (Wildman–Crippen MR) is 146 cm³/mol. The van der Waals surface area contributed by atoms with E-state index in [9.17, 15) is 14.4 Å². The summed E-state index contributed by atoms with van der Waals surface area (Å²) in [4.78, 5) is 50.0. The fourth-order valence-corrected chi connectivity index (χ4v) is 5.92. The van der Waals surface area contributed by atoms with Crippen LogP contribution in [0.5, 0.6) is 0 Å². The van der Waals surface area contributed by atoms with Crippen molar-refractivity contribution in [2.45, 2.75) is 82.0 Å². The van der Waals surface area contributed by atoms with Gasteiger partial charge < -0.3 is 15.4 Å². The van der Waals surface area contributed by atoms with Gasteiger partial charge in [0, 0.05) is 38.3 Å². The van der Waals surface area contributed by atoms with Crippen molar-refractivity contribution in [3.05, 3.63) is 29.8 Å². The van der Waals surface area contributed by atoms with Crippen LogP contribution in [0.25, 0.3) is 0 Å². The van der Waals surface area contributed by atoms with Gasteiger partial charge in [0.05, 0.1) is 10.9 Å². The minimum atomic E-state index is -0.646. The Hall–Kier alpha value is -2.72. The van der Waals surface area contributed by atoms with Crippen molar-refractivity contribution < 1.29 is 19.1 Å². The van der Waals surface area contributed by atoms with Crippen molar-refractivity contribution >= 4 is 46.2 Å². The van der Waals surface area contributed by atoms with Gasteiger partial charge in [-0.3, -0.25) is 19.4 Å². The number of hydrogen-bond donors (Lipinski definition) is 2. The number of carbonyl (C=O) groups excluding carboxylic acids is 3. The molecule has 200 valence electrons. The average Bonchev–Trinajstić information content (AvgIpc) is 3.25. The average molecular weight is 528 g/mol. The van der Waals surface area contributed by atoms with Gasteiger partial charge in [0.15, 0.2) is 5.17 Å². The zero-order valence-electron chi connectivity index (χ0n) is 21.7. The molecule has 1 fully saturated rings. The van der Waals surface area contributed by atoms with E-state index in [1.165, 1.54) is 23.1 Å². The van der Waals surface area contributed by atoms with Crippen LogP contribution in [0.2, 0.25) is 0 Å². The minimum absolute atomic E-state index is 0.0235. The molecule has 3 amide bonds. The van der Waals surface area contributed by atoms with E-state index in [0.717, 1.165) is 43.4 Å². The molecule has 1 aromatic rings. The quantitative estimate of drug-likeness (QED) is 0.428. The summed E-state index contributed by atoms with van der Waals surface area (Å²) in [5.74, 6) is 0.235. The molecule has 4 rings (SSSR count). The first-order valence-electron chi connectivity index (χ1n) is 13.3. The summed E-state index contributed by atoms with van der Waals surface area (Å²) in [6.07, 6.45) is 7.49. The second-order valence-corrected chi connectivity index (χ2v) is 10.8. The van der Waals surface area contributed by atoms with Crippen molar-refractivity contribution in [3.63, 3.8) is 0 Å². The molecule has 0 spiro atoms. The molecule has 1 saturated carbocycles. The van der Waals surface area contributed by atoms with Crippen molar-refractivity contribution in [1.82, 2.24) is 15.5 Å². The lowest BCUT2D eigenvalue weighted by Crippen LogP contribution is -2.43. The van der Waals surface area contributed by atoms with Gasteiger partial charge >= 0.3 is 0 Å². The number of fused-ring (bicyclic) bond motifs is 3. The molecule has 0 unspecified atom stereocenters. The lowest BCUT2D eigenvalue weighted by molar-refractivity contribution is -0.125. The van der Waals surface area contributed by atoms with Gasteiger partial charge in [0.1, 0.15) is 11.9 Å². The highest BCUT2D eigenvalue weighted by molar-refractivity contribution is 8.15. The molecule has 2 aliphatic heterocycles. The normalized spacial score (nSPS) is 20.0. The van der Waals surface area contributed by atoms with Crippen LogP contribution in [0, 0.1) is 0 Å². The van der Waals surface area contributed by atoms with Crippen LogP contribution < -0.4 is 10.6 Å². The fraction of sp³-hybridized carbons (Fsp3) is 0.593. The van der Waals surface area contributed by atoms with E-state index in [-0.39, 0.29) is 30.2 Å². The highest BCUT2D eigenvalue weighted by Gasteiger charge is 2.42. The van der Waals surface area contributed by atoms with Gasteiger partial charge in [-0.25, -0.2) is 9.89 Å². The molecule has 9 nitrogen and oxygen atoms in total. The largest absolute Gasteiger partial charge is 0.385 e. The number of amidine groups is 2. The zero-order chi connectivity index (χ0) is 26.2. The van der Waals surface area contributed by atoms with Gasteiger partial charge in [0.2, 0.25) is 11.8 Å². The van der Waals surface area contributed by atoms with E-state index >= 15 is 0 Å². The van der Waals surface area contributed by atoms with Gasteiger partial charge in [-0.05, 0) is 44.2 Å². The Morgan fingerprint density at radius 3 is 2.76 bits per heavy atom. The molecule has 37 heavy (non-hydrogen) atoms. The van der Waals surface area contributed by atoms with Crippen LogP contribution in [0.15, 0.2) is 34.3 Å². The maximum Gasteiger partial charge on any atom is 0.259 e. The number of nitrogens with one attached hydrogen (secondary N) is 2. The van der Waals surface area contributed by atoms with Crippen molar-refractivity contribution in [2.75, 3.05) is 20.3 Å². The van der Waals surface area contributed by atoms with Crippen molar-refractivity contribution in [1.29, 1.82) is 0 Å². The third-order valence-electron chi connectivity index (χ3n) is 6.90. The summed E-state index contributed by atoms with van der Waals surface area (Å²) >= 11 is 1.28. The van der Waals surface area contributed by atoms with Gasteiger partial charge in [-0.1, -0.05) is 50.1 Å². The number of benzene rings is 1. The first-order chi connectivity index (χ1) is 18.0. The number of ether oxygens (including phenoxy) is 1. The highest BCUT2D eigenvalue weighted by Crippen LogP contribution is 2.35. The summed E-state index contributed by atoms with van der Waals surface area (Å²) in [6, 6.07) is 7.17. The van der Waals surface area contributed by atoms with E-state index in [1.807, 2.05) is 31.2 Å². The number of nitrogens with zero attached hydrogens (tertiary/aromatic N) is 3. The van der Waals surface area contributed by atoms with E-state index < -0.39 is 11.3 Å². The van der Waals surface area contributed by atoms with Crippen LogP contribution in [0.1, 0.15) is 70.3 Å². The van der Waals surface area contributed by atoms with Crippen LogP contribution in [0.3, 0.4) is 0 Å². The highest BCUT2D eigenvalue weighted by atomic mass is 32.2. The van der Waals surface area contributed by atoms with Crippen LogP contribution >= 0.6 is 11.8 Å². The number of methoxy groups -OCH3 is 1. The molecule has 10 heteroatoms. The molecule has 2 atom stereocenters. The molecular formula is C27H37N5O4S. The van der Waals surface area contributed by atoms with Gasteiger partial charge in [-0.15, -0.1) is 0 Å². The molecule has 0 aromatic heterocycles. The second kappa shape index (κ2) is 13.2. The molecule has 1 aliphatic carbocycles. The lowest BCUT2D eigenvalue weighted by atomic mass is 9.95. The zero-order valence-corrected chi connectivity index (χ0v) is 22.5. The minimum Gasteiger partial charge on any atom is -0.385 e. The summed E-state index contributed by atoms with van der Waals surface area (Å²) in [5.41, 5.74) is 1.50. The molecule has 0 saturated heterocycles. The van der Waals surface area contributed by atoms with Crippen molar-refractivity contribution in [3.8, 4) is 0 Å². The van der Waals surface area contributed by atoms with E-state index in [1.54, 1.807) is 7.11 Å². The molecular weight excluding hydrogens is 490 g/mol. The number of rotatable bonds is 11. The maximum atomic E-state index is 13.5. The first-order valence-corrected chi connectivity index (χ1v) is 14.2. The SMILES string of the molecule is CC[C@H](SC1=Nc2ccccc2C2=N[C@@H](CCC(=O)NC3CCCCC3)C(=O)N12)C(=O)NCCCOC. The second-order valence-electron chi connectivity index (χ2n) is 9.65. The molecule has 0 bridgehead atoms. The number of para-hydroxylation sites is 1. The van der Waals surface area contributed by atoms with Crippen LogP contribution in [-0.4, -0.2) is 71.2 Å². The Morgan fingerprint density at radius 2 is 2.00 bits per heavy atom. The molecule has 0 radical (unpaired) electrons. The third kappa shape index (κ3) is 6.78. The number of thioether (sulfide) groups is 1. The van der Waals surface area contributed by atoms with Crippen LogP contribution in [0.4, 0.5) is 5.69 Å². The van der Waals surface area contributed by atoms with Crippen LogP contribution in [-0.2, 0) is 19.1 Å². The molecule has 2 N–H and O–H groups in total. The molecule has 1 aromatic carbocycles. The first kappa shape index (κ1) is 27.3. The Balaban J connectivity index is 1.45. The lowest BCUT2D eigenvalue weighted by Gasteiger charge is -2.27. The van der Waals surface area contributed by atoms with Gasteiger partial charge in [-0.2, -0.15) is 0 Å². The van der Waals surface area contributed by atoms with E-state index in [0.29, 0.717) is 37.0 Å². The standard InChI is InChI=1S/C27H37N5O4S/c1-3-22(25(34)28-16-9-17-36-2)37-27-31-20-13-8-7-12-19(20)24-30-21(26(35)32(24)27)14-15-23(33)29-18-10-5-4-6-11-18/h7-8,12-13,18,21-22H,3-6,9-11,14-17H2,1-2H3,(H,28,34)(H,29,33)/t21-,22-/m0/s1. The summed E-state index contributed by atoms with van der Waals surface area (Å²) < 4.78 is 5.05. The monoisotopic (exact) mass is 527 g/mol. The van der Waals surface area contributed by atoms with E-state index in [2.05, 4.69) is 10.6 Å². The fourth-order valence-electron chi connectivity index (χ4n) is 4.88. The smallest absolute Gasteiger partial charge is 0.259 e. The van der Waals surface area contributed by atoms with E-state index in [4.69, 9.17) is 14.7 Å². The Kier molecular flexibility index (Phi) is 9.74. The predicted octanol–water partition coefficient (Wildman–Crippen LogP) is 3.54. The Bertz CT molecular complexity index is 1050. The number of carbonyl (C=O) groups is 3. The number of aliphatic imine (C=N–C) groups is 2.